The number of fused-ring (bicyclic) bond motifs is 1. The van der Waals surface area contributed by atoms with Crippen LogP contribution < -0.4 is 16.0 Å². The molecule has 0 saturated carbocycles. The number of aromatic nitrogens is 2. The van der Waals surface area contributed by atoms with Gasteiger partial charge in [-0.3, -0.25) is 9.20 Å². The minimum atomic E-state index is -4.48. The largest absolute Gasteiger partial charge is 0.405 e. The molecule has 2 aromatic heterocycles. The molecule has 0 spiro atoms. The highest BCUT2D eigenvalue weighted by Crippen LogP contribution is 2.24. The van der Waals surface area contributed by atoms with Gasteiger partial charge in [0.2, 0.25) is 0 Å². The molecule has 1 aromatic carbocycles. The number of hydrogen-bond acceptors (Lipinski definition) is 3. The molecule has 0 bridgehead atoms. The maximum absolute atomic E-state index is 12.2. The lowest BCUT2D eigenvalue weighted by Crippen LogP contribution is -2.36. The summed E-state index contributed by atoms with van der Waals surface area (Å²) in [4.78, 5) is 27.6. The Balaban J connectivity index is 1.82. The van der Waals surface area contributed by atoms with Crippen molar-refractivity contribution in [3.63, 3.8) is 0 Å². The molecule has 0 unspecified atom stereocenters. The van der Waals surface area contributed by atoms with Crippen LogP contribution in [0.15, 0.2) is 48.8 Å². The summed E-state index contributed by atoms with van der Waals surface area (Å²) in [5, 5.41) is 6.65. The van der Waals surface area contributed by atoms with E-state index in [0.29, 0.717) is 28.2 Å². The van der Waals surface area contributed by atoms with Gasteiger partial charge in [-0.25, -0.2) is 9.78 Å². The Morgan fingerprint density at radius 3 is 2.68 bits per heavy atom. The van der Waals surface area contributed by atoms with Crippen molar-refractivity contribution in [1.29, 1.82) is 0 Å². The molecule has 0 atom stereocenters. The minimum absolute atomic E-state index is 0.233. The molecule has 3 rings (SSSR count). The first kappa shape index (κ1) is 19.2. The molecule has 0 fully saturated rings. The highest BCUT2D eigenvalue weighted by molar-refractivity contribution is 5.95. The number of carbonyl (C=O) groups excluding carboxylic acids is 2. The third kappa shape index (κ3) is 4.40. The van der Waals surface area contributed by atoms with E-state index < -0.39 is 18.8 Å². The summed E-state index contributed by atoms with van der Waals surface area (Å²) in [6, 6.07) is 8.93. The van der Waals surface area contributed by atoms with Crippen LogP contribution in [0.1, 0.15) is 10.4 Å². The zero-order valence-corrected chi connectivity index (χ0v) is 14.7. The number of benzene rings is 1. The van der Waals surface area contributed by atoms with Crippen molar-refractivity contribution in [3.05, 3.63) is 54.4 Å². The van der Waals surface area contributed by atoms with Crippen LogP contribution in [-0.2, 0) is 0 Å². The second kappa shape index (κ2) is 7.59. The Kier molecular flexibility index (Phi) is 5.21. The van der Waals surface area contributed by atoms with E-state index in [1.165, 1.54) is 7.05 Å². The van der Waals surface area contributed by atoms with Crippen molar-refractivity contribution < 1.29 is 22.8 Å². The first-order valence-electron chi connectivity index (χ1n) is 8.18. The molecule has 0 aliphatic heterocycles. The molecule has 0 aliphatic carbocycles. The van der Waals surface area contributed by atoms with Gasteiger partial charge in [-0.05, 0) is 24.3 Å². The van der Waals surface area contributed by atoms with Crippen LogP contribution in [-0.4, -0.2) is 41.1 Å². The van der Waals surface area contributed by atoms with Gasteiger partial charge < -0.3 is 16.0 Å². The number of pyridine rings is 1. The van der Waals surface area contributed by atoms with Gasteiger partial charge in [0.05, 0.1) is 11.9 Å². The molecule has 0 saturated heterocycles. The summed E-state index contributed by atoms with van der Waals surface area (Å²) in [5.41, 5.74) is 2.72. The van der Waals surface area contributed by atoms with Crippen LogP contribution in [0.4, 0.5) is 23.7 Å². The average molecular weight is 391 g/mol. The Bertz CT molecular complexity index is 1030. The summed E-state index contributed by atoms with van der Waals surface area (Å²) in [5.74, 6) is -0.233. The monoisotopic (exact) mass is 391 g/mol. The van der Waals surface area contributed by atoms with Gasteiger partial charge in [-0.2, -0.15) is 13.2 Å². The molecule has 3 amide bonds. The van der Waals surface area contributed by atoms with Gasteiger partial charge in [0.25, 0.3) is 5.91 Å². The zero-order chi connectivity index (χ0) is 20.3. The number of urea groups is 1. The first-order chi connectivity index (χ1) is 13.3. The fourth-order valence-corrected chi connectivity index (χ4v) is 2.59. The molecule has 10 heteroatoms. The van der Waals surface area contributed by atoms with Crippen molar-refractivity contribution in [1.82, 2.24) is 20.0 Å². The van der Waals surface area contributed by atoms with Gasteiger partial charge in [-0.15, -0.1) is 0 Å². The van der Waals surface area contributed by atoms with Crippen molar-refractivity contribution in [2.24, 2.45) is 0 Å². The quantitative estimate of drug-likeness (QED) is 0.639. The molecule has 3 aromatic rings. The molecule has 146 valence electrons. The Labute approximate surface area is 157 Å². The predicted octanol–water partition coefficient (Wildman–Crippen LogP) is 3.04. The number of rotatable bonds is 4. The standard InChI is InChI=1S/C18H16F3N5O2/c1-22-16(27)12-5-6-26-14(9-23-15(26)8-12)11-3-2-4-13(7-11)25-17(28)24-10-18(19,20)21/h2-9H,10H2,1H3,(H,22,27)(H2,24,25,28). The Morgan fingerprint density at radius 2 is 1.96 bits per heavy atom. The van der Waals surface area contributed by atoms with E-state index in [1.54, 1.807) is 58.5 Å². The van der Waals surface area contributed by atoms with Crippen molar-refractivity contribution in [3.8, 4) is 11.3 Å². The van der Waals surface area contributed by atoms with E-state index in [4.69, 9.17) is 0 Å². The lowest BCUT2D eigenvalue weighted by Gasteiger charge is -2.11. The lowest BCUT2D eigenvalue weighted by atomic mass is 10.1. The van der Waals surface area contributed by atoms with Gasteiger partial charge in [0.15, 0.2) is 0 Å². The van der Waals surface area contributed by atoms with Gasteiger partial charge in [0.1, 0.15) is 12.2 Å². The third-order valence-electron chi connectivity index (χ3n) is 3.87. The summed E-state index contributed by atoms with van der Waals surface area (Å²) in [6.45, 7) is -1.42. The molecular formula is C18H16F3N5O2. The Morgan fingerprint density at radius 1 is 1.18 bits per heavy atom. The Hall–Kier alpha value is -3.56. The number of imidazole rings is 1. The number of hydrogen-bond donors (Lipinski definition) is 3. The van der Waals surface area contributed by atoms with Crippen LogP contribution in [0.3, 0.4) is 0 Å². The van der Waals surface area contributed by atoms with Crippen molar-refractivity contribution in [2.45, 2.75) is 6.18 Å². The first-order valence-corrected chi connectivity index (χ1v) is 8.18. The summed E-state index contributed by atoms with van der Waals surface area (Å²) in [6.07, 6.45) is -1.19. The number of carbonyl (C=O) groups is 2. The van der Waals surface area contributed by atoms with Crippen LogP contribution in [0.25, 0.3) is 16.9 Å². The van der Waals surface area contributed by atoms with Gasteiger partial charge in [0, 0.05) is 30.1 Å². The van der Waals surface area contributed by atoms with E-state index in [2.05, 4.69) is 15.6 Å². The number of alkyl halides is 3. The van der Waals surface area contributed by atoms with Crippen molar-refractivity contribution >= 4 is 23.3 Å². The topological polar surface area (TPSA) is 87.5 Å². The number of anilines is 1. The normalized spacial score (nSPS) is 11.3. The van der Waals surface area contributed by atoms with E-state index >= 15 is 0 Å². The third-order valence-corrected chi connectivity index (χ3v) is 3.87. The number of nitrogens with one attached hydrogen (secondary N) is 3. The predicted molar refractivity (Wildman–Crippen MR) is 97.1 cm³/mol. The van der Waals surface area contributed by atoms with Gasteiger partial charge >= 0.3 is 12.2 Å². The minimum Gasteiger partial charge on any atom is -0.355 e. The number of nitrogens with zero attached hydrogens (tertiary/aromatic N) is 2. The smallest absolute Gasteiger partial charge is 0.355 e. The fraction of sp³-hybridized carbons (Fsp3) is 0.167. The van der Waals surface area contributed by atoms with Crippen LogP contribution in [0.2, 0.25) is 0 Å². The summed E-state index contributed by atoms with van der Waals surface area (Å²) >= 11 is 0. The maximum atomic E-state index is 12.2. The van der Waals surface area contributed by atoms with Gasteiger partial charge in [-0.1, -0.05) is 12.1 Å². The molecule has 0 aliphatic rings. The highest BCUT2D eigenvalue weighted by atomic mass is 19.4. The molecule has 7 nitrogen and oxygen atoms in total. The average Bonchev–Trinajstić information content (AvgIpc) is 3.08. The maximum Gasteiger partial charge on any atom is 0.405 e. The molecule has 2 heterocycles. The van der Waals surface area contributed by atoms with Crippen LogP contribution in [0, 0.1) is 0 Å². The SMILES string of the molecule is CNC(=O)c1ccn2c(-c3cccc(NC(=O)NCC(F)(F)F)c3)cnc2c1. The van der Waals surface area contributed by atoms with E-state index in [0.717, 1.165) is 0 Å². The van der Waals surface area contributed by atoms with E-state index in [9.17, 15) is 22.8 Å². The zero-order valence-electron chi connectivity index (χ0n) is 14.7. The summed E-state index contributed by atoms with van der Waals surface area (Å²) < 4.78 is 38.3. The number of amides is 3. The van der Waals surface area contributed by atoms with E-state index in [-0.39, 0.29) is 5.91 Å². The molecule has 28 heavy (non-hydrogen) atoms. The number of halogens is 3. The molecule has 0 radical (unpaired) electrons. The second-order valence-electron chi connectivity index (χ2n) is 5.87. The van der Waals surface area contributed by atoms with Crippen LogP contribution >= 0.6 is 0 Å². The van der Waals surface area contributed by atoms with Crippen molar-refractivity contribution in [2.75, 3.05) is 18.9 Å². The lowest BCUT2D eigenvalue weighted by molar-refractivity contribution is -0.122. The summed E-state index contributed by atoms with van der Waals surface area (Å²) in [7, 11) is 1.53. The molecular weight excluding hydrogens is 375 g/mol. The fourth-order valence-electron chi connectivity index (χ4n) is 2.59. The highest BCUT2D eigenvalue weighted by Gasteiger charge is 2.27. The molecule has 3 N–H and O–H groups in total. The van der Waals surface area contributed by atoms with E-state index in [1.807, 2.05) is 0 Å². The second-order valence-corrected chi connectivity index (χ2v) is 5.87. The van der Waals surface area contributed by atoms with Crippen LogP contribution in [0.5, 0.6) is 0 Å².